The SMILES string of the molecule is COc1cc(N)c(C(=O)NCCO)cc1OC. The summed E-state index contributed by atoms with van der Waals surface area (Å²) in [6.07, 6.45) is 0. The van der Waals surface area contributed by atoms with E-state index in [1.54, 1.807) is 0 Å². The van der Waals surface area contributed by atoms with E-state index < -0.39 is 0 Å². The number of hydrogen-bond donors (Lipinski definition) is 3. The molecular weight excluding hydrogens is 224 g/mol. The summed E-state index contributed by atoms with van der Waals surface area (Å²) in [5.41, 5.74) is 6.31. The van der Waals surface area contributed by atoms with Gasteiger partial charge in [0.05, 0.1) is 26.4 Å². The van der Waals surface area contributed by atoms with Crippen LogP contribution in [-0.4, -0.2) is 38.4 Å². The Labute approximate surface area is 99.3 Å². The predicted molar refractivity (Wildman–Crippen MR) is 63.4 cm³/mol. The van der Waals surface area contributed by atoms with Gasteiger partial charge >= 0.3 is 0 Å². The van der Waals surface area contributed by atoms with Crippen LogP contribution in [0.25, 0.3) is 0 Å². The molecule has 1 rings (SSSR count). The van der Waals surface area contributed by atoms with Gasteiger partial charge in [-0.3, -0.25) is 4.79 Å². The molecule has 1 aromatic carbocycles. The Kier molecular flexibility index (Phi) is 4.59. The van der Waals surface area contributed by atoms with Crippen LogP contribution in [0.3, 0.4) is 0 Å². The molecule has 1 aromatic rings. The summed E-state index contributed by atoms with van der Waals surface area (Å²) in [5.74, 6) is 0.525. The molecule has 0 atom stereocenters. The second kappa shape index (κ2) is 5.95. The van der Waals surface area contributed by atoms with Crippen molar-refractivity contribution in [2.75, 3.05) is 33.1 Å². The van der Waals surface area contributed by atoms with Crippen molar-refractivity contribution < 1.29 is 19.4 Å². The van der Waals surface area contributed by atoms with Gasteiger partial charge in [-0.2, -0.15) is 0 Å². The number of nitrogen functional groups attached to an aromatic ring is 1. The Hall–Kier alpha value is -1.95. The van der Waals surface area contributed by atoms with Crippen LogP contribution in [0.15, 0.2) is 12.1 Å². The number of rotatable bonds is 5. The number of ether oxygens (including phenoxy) is 2. The van der Waals surface area contributed by atoms with Gasteiger partial charge in [-0.25, -0.2) is 0 Å². The van der Waals surface area contributed by atoms with Gasteiger partial charge in [0.2, 0.25) is 0 Å². The van der Waals surface area contributed by atoms with Crippen molar-refractivity contribution in [1.82, 2.24) is 5.32 Å². The Balaban J connectivity index is 3.03. The van der Waals surface area contributed by atoms with Crippen LogP contribution in [0.2, 0.25) is 0 Å². The van der Waals surface area contributed by atoms with Crippen LogP contribution < -0.4 is 20.5 Å². The van der Waals surface area contributed by atoms with Gasteiger partial charge in [0.1, 0.15) is 0 Å². The number of aliphatic hydroxyl groups excluding tert-OH is 1. The quantitative estimate of drug-likeness (QED) is 0.630. The lowest BCUT2D eigenvalue weighted by Gasteiger charge is -2.12. The van der Waals surface area contributed by atoms with Gasteiger partial charge in [0, 0.05) is 18.3 Å². The van der Waals surface area contributed by atoms with Crippen molar-refractivity contribution in [2.45, 2.75) is 0 Å². The zero-order valence-electron chi connectivity index (χ0n) is 9.82. The summed E-state index contributed by atoms with van der Waals surface area (Å²) < 4.78 is 10.1. The molecule has 0 fully saturated rings. The lowest BCUT2D eigenvalue weighted by molar-refractivity contribution is 0.0945. The minimum Gasteiger partial charge on any atom is -0.493 e. The molecule has 94 valence electrons. The maximum Gasteiger partial charge on any atom is 0.253 e. The Bertz CT molecular complexity index is 407. The van der Waals surface area contributed by atoms with Crippen LogP contribution in [0, 0.1) is 0 Å². The number of aliphatic hydroxyl groups is 1. The molecule has 0 aromatic heterocycles. The lowest BCUT2D eigenvalue weighted by Crippen LogP contribution is -2.27. The Morgan fingerprint density at radius 1 is 1.35 bits per heavy atom. The molecule has 0 aliphatic carbocycles. The first-order chi connectivity index (χ1) is 8.13. The smallest absolute Gasteiger partial charge is 0.253 e. The largest absolute Gasteiger partial charge is 0.493 e. The third-order valence-electron chi connectivity index (χ3n) is 2.20. The van der Waals surface area contributed by atoms with Crippen molar-refractivity contribution in [2.24, 2.45) is 0 Å². The summed E-state index contributed by atoms with van der Waals surface area (Å²) in [6.45, 7) is 0.0472. The summed E-state index contributed by atoms with van der Waals surface area (Å²) >= 11 is 0. The molecule has 6 nitrogen and oxygen atoms in total. The third kappa shape index (κ3) is 3.01. The van der Waals surface area contributed by atoms with Gasteiger partial charge in [-0.15, -0.1) is 0 Å². The summed E-state index contributed by atoms with van der Waals surface area (Å²) in [4.78, 5) is 11.7. The molecule has 6 heteroatoms. The van der Waals surface area contributed by atoms with Gasteiger partial charge in [0.25, 0.3) is 5.91 Å². The van der Waals surface area contributed by atoms with Gasteiger partial charge in [0.15, 0.2) is 11.5 Å². The molecule has 0 aliphatic rings. The van der Waals surface area contributed by atoms with Crippen molar-refractivity contribution >= 4 is 11.6 Å². The molecule has 0 spiro atoms. The van der Waals surface area contributed by atoms with Gasteiger partial charge < -0.3 is 25.6 Å². The second-order valence-electron chi connectivity index (χ2n) is 3.27. The van der Waals surface area contributed by atoms with E-state index in [1.165, 1.54) is 26.4 Å². The van der Waals surface area contributed by atoms with Crippen LogP contribution in [-0.2, 0) is 0 Å². The van der Waals surface area contributed by atoms with E-state index in [0.29, 0.717) is 11.5 Å². The van der Waals surface area contributed by atoms with E-state index in [-0.39, 0.29) is 30.3 Å². The third-order valence-corrected chi connectivity index (χ3v) is 2.20. The number of carbonyl (C=O) groups excluding carboxylic acids is 1. The maximum absolute atomic E-state index is 11.7. The summed E-state index contributed by atoms with van der Waals surface area (Å²) in [7, 11) is 2.96. The molecule has 0 heterocycles. The number of methoxy groups -OCH3 is 2. The Morgan fingerprint density at radius 3 is 2.47 bits per heavy atom. The molecule has 4 N–H and O–H groups in total. The number of nitrogens with two attached hydrogens (primary N) is 1. The number of amides is 1. The van der Waals surface area contributed by atoms with Crippen LogP contribution in [0.5, 0.6) is 11.5 Å². The van der Waals surface area contributed by atoms with E-state index in [4.69, 9.17) is 20.3 Å². The maximum atomic E-state index is 11.7. The van der Waals surface area contributed by atoms with Crippen molar-refractivity contribution in [1.29, 1.82) is 0 Å². The van der Waals surface area contributed by atoms with Crippen LogP contribution >= 0.6 is 0 Å². The minimum atomic E-state index is -0.363. The fourth-order valence-corrected chi connectivity index (χ4v) is 1.36. The van der Waals surface area contributed by atoms with Crippen LogP contribution in [0.4, 0.5) is 5.69 Å². The highest BCUT2D eigenvalue weighted by Gasteiger charge is 2.14. The van der Waals surface area contributed by atoms with E-state index >= 15 is 0 Å². The van der Waals surface area contributed by atoms with Crippen molar-refractivity contribution in [3.05, 3.63) is 17.7 Å². The highest BCUT2D eigenvalue weighted by Crippen LogP contribution is 2.31. The van der Waals surface area contributed by atoms with E-state index in [1.807, 2.05) is 0 Å². The minimum absolute atomic E-state index is 0.126. The standard InChI is InChI=1S/C11H16N2O4/c1-16-9-5-7(11(15)13-3-4-14)8(12)6-10(9)17-2/h5-6,14H,3-4,12H2,1-2H3,(H,13,15). The zero-order chi connectivity index (χ0) is 12.8. The highest BCUT2D eigenvalue weighted by atomic mass is 16.5. The van der Waals surface area contributed by atoms with Crippen molar-refractivity contribution in [3.63, 3.8) is 0 Å². The average Bonchev–Trinajstić information content (AvgIpc) is 2.35. The number of carbonyl (C=O) groups is 1. The first-order valence-electron chi connectivity index (χ1n) is 5.04. The first kappa shape index (κ1) is 13.1. The number of hydrogen-bond acceptors (Lipinski definition) is 5. The van der Waals surface area contributed by atoms with Crippen LogP contribution in [0.1, 0.15) is 10.4 Å². The molecule has 1 amide bonds. The fourth-order valence-electron chi connectivity index (χ4n) is 1.36. The predicted octanol–water partition coefficient (Wildman–Crippen LogP) is 0.00810. The molecule has 0 bridgehead atoms. The zero-order valence-corrected chi connectivity index (χ0v) is 9.82. The molecule has 0 aliphatic heterocycles. The molecule has 0 unspecified atom stereocenters. The van der Waals surface area contributed by atoms with E-state index in [9.17, 15) is 4.79 Å². The average molecular weight is 240 g/mol. The summed E-state index contributed by atoms with van der Waals surface area (Å²) in [5, 5.41) is 11.1. The number of benzene rings is 1. The number of nitrogens with one attached hydrogen (secondary N) is 1. The summed E-state index contributed by atoms with van der Waals surface area (Å²) in [6, 6.07) is 3.02. The molecule has 0 saturated carbocycles. The first-order valence-corrected chi connectivity index (χ1v) is 5.04. The molecule has 0 radical (unpaired) electrons. The number of anilines is 1. The van der Waals surface area contributed by atoms with E-state index in [2.05, 4.69) is 5.32 Å². The molecular formula is C11H16N2O4. The molecule has 17 heavy (non-hydrogen) atoms. The fraction of sp³-hybridized carbons (Fsp3) is 0.364. The van der Waals surface area contributed by atoms with Gasteiger partial charge in [-0.05, 0) is 6.07 Å². The second-order valence-corrected chi connectivity index (χ2v) is 3.27. The highest BCUT2D eigenvalue weighted by molar-refractivity contribution is 6.00. The van der Waals surface area contributed by atoms with Gasteiger partial charge in [-0.1, -0.05) is 0 Å². The van der Waals surface area contributed by atoms with Crippen molar-refractivity contribution in [3.8, 4) is 11.5 Å². The molecule has 0 saturated heterocycles. The Morgan fingerprint density at radius 2 is 1.94 bits per heavy atom. The lowest BCUT2D eigenvalue weighted by atomic mass is 10.1. The van der Waals surface area contributed by atoms with E-state index in [0.717, 1.165) is 0 Å². The normalized spacial score (nSPS) is 9.82. The monoisotopic (exact) mass is 240 g/mol. The topological polar surface area (TPSA) is 93.8 Å².